The van der Waals surface area contributed by atoms with Gasteiger partial charge in [0, 0.05) is 6.54 Å². The molecule has 0 aromatic carbocycles. The van der Waals surface area contributed by atoms with Crippen molar-refractivity contribution in [1.29, 1.82) is 0 Å². The Kier molecular flexibility index (Phi) is 5.18. The summed E-state index contributed by atoms with van der Waals surface area (Å²) < 4.78 is 0. The predicted octanol–water partition coefficient (Wildman–Crippen LogP) is 0.367. The lowest BCUT2D eigenvalue weighted by molar-refractivity contribution is -0.385. The van der Waals surface area contributed by atoms with Crippen molar-refractivity contribution in [3.63, 3.8) is 0 Å². The van der Waals surface area contributed by atoms with Gasteiger partial charge in [0.15, 0.2) is 0 Å². The Morgan fingerprint density at radius 1 is 1.45 bits per heavy atom. The van der Waals surface area contributed by atoms with Crippen LogP contribution in [0.5, 0.6) is 0 Å². The molecule has 1 aromatic heterocycles. The Morgan fingerprint density at radius 2 is 2.10 bits per heavy atom. The van der Waals surface area contributed by atoms with E-state index in [1.807, 2.05) is 6.92 Å². The number of nitro groups is 1. The second-order valence-corrected chi connectivity index (χ2v) is 4.34. The molecule has 0 atom stereocenters. The molecule has 0 fully saturated rings. The maximum Gasteiger partial charge on any atom is 0.332 e. The SMILES string of the molecule is CCCCN(CC(N)=O)c1nc(N)nc(C)c1[N+](=O)[O-]. The Morgan fingerprint density at radius 3 is 2.60 bits per heavy atom. The van der Waals surface area contributed by atoms with E-state index in [-0.39, 0.29) is 29.7 Å². The largest absolute Gasteiger partial charge is 0.368 e. The third-order valence-corrected chi connectivity index (χ3v) is 2.67. The Hall–Kier alpha value is -2.45. The van der Waals surface area contributed by atoms with Crippen LogP contribution < -0.4 is 16.4 Å². The van der Waals surface area contributed by atoms with E-state index in [9.17, 15) is 14.9 Å². The number of unbranched alkanes of at least 4 members (excludes halogenated alkanes) is 1. The van der Waals surface area contributed by atoms with Crippen molar-refractivity contribution >= 4 is 23.4 Å². The number of anilines is 2. The van der Waals surface area contributed by atoms with Gasteiger partial charge in [0.25, 0.3) is 0 Å². The van der Waals surface area contributed by atoms with E-state index < -0.39 is 10.8 Å². The number of amides is 1. The minimum Gasteiger partial charge on any atom is -0.368 e. The Bertz CT molecular complexity index is 519. The molecule has 1 aromatic rings. The third-order valence-electron chi connectivity index (χ3n) is 2.67. The zero-order chi connectivity index (χ0) is 15.3. The number of aryl methyl sites for hydroxylation is 1. The van der Waals surface area contributed by atoms with Crippen molar-refractivity contribution in [3.8, 4) is 0 Å². The molecule has 9 heteroatoms. The molecule has 0 radical (unpaired) electrons. The molecule has 0 aliphatic heterocycles. The lowest BCUT2D eigenvalue weighted by Gasteiger charge is -2.22. The van der Waals surface area contributed by atoms with Crippen LogP contribution in [0.3, 0.4) is 0 Å². The van der Waals surface area contributed by atoms with Gasteiger partial charge in [-0.2, -0.15) is 4.98 Å². The molecular formula is C11H18N6O3. The zero-order valence-corrected chi connectivity index (χ0v) is 11.5. The molecule has 9 nitrogen and oxygen atoms in total. The fourth-order valence-electron chi connectivity index (χ4n) is 1.80. The van der Waals surface area contributed by atoms with Crippen LogP contribution in [0.25, 0.3) is 0 Å². The standard InChI is InChI=1S/C11H18N6O3/c1-3-4-5-16(6-8(12)18)10-9(17(19)20)7(2)14-11(13)15-10/h3-6H2,1-2H3,(H2,12,18)(H2,13,14,15). The predicted molar refractivity (Wildman–Crippen MR) is 74.2 cm³/mol. The molecule has 0 saturated carbocycles. The first-order chi connectivity index (χ1) is 9.36. The smallest absolute Gasteiger partial charge is 0.332 e. The van der Waals surface area contributed by atoms with E-state index in [0.29, 0.717) is 6.54 Å². The molecular weight excluding hydrogens is 264 g/mol. The van der Waals surface area contributed by atoms with Gasteiger partial charge in [-0.1, -0.05) is 13.3 Å². The number of carbonyl (C=O) groups excluding carboxylic acids is 1. The zero-order valence-electron chi connectivity index (χ0n) is 11.5. The number of nitrogen functional groups attached to an aromatic ring is 1. The van der Waals surface area contributed by atoms with Crippen LogP contribution in [0.15, 0.2) is 0 Å². The molecule has 4 N–H and O–H groups in total. The lowest BCUT2D eigenvalue weighted by Crippen LogP contribution is -2.35. The first kappa shape index (κ1) is 15.6. The summed E-state index contributed by atoms with van der Waals surface area (Å²) in [6.45, 7) is 3.71. The van der Waals surface area contributed by atoms with Gasteiger partial charge < -0.3 is 16.4 Å². The van der Waals surface area contributed by atoms with Gasteiger partial charge in [0.2, 0.25) is 17.7 Å². The fraction of sp³-hybridized carbons (Fsp3) is 0.545. The summed E-state index contributed by atoms with van der Waals surface area (Å²) in [6.07, 6.45) is 1.61. The van der Waals surface area contributed by atoms with Gasteiger partial charge in [0.05, 0.1) is 11.5 Å². The average Bonchev–Trinajstić information content (AvgIpc) is 2.32. The van der Waals surface area contributed by atoms with Gasteiger partial charge >= 0.3 is 5.69 Å². The van der Waals surface area contributed by atoms with E-state index in [2.05, 4.69) is 9.97 Å². The number of hydrogen-bond acceptors (Lipinski definition) is 7. The number of aromatic nitrogens is 2. The van der Waals surface area contributed by atoms with Crippen molar-refractivity contribution in [2.24, 2.45) is 5.73 Å². The van der Waals surface area contributed by atoms with Crippen LogP contribution in [-0.2, 0) is 4.79 Å². The molecule has 0 bridgehead atoms. The molecule has 0 aliphatic rings. The monoisotopic (exact) mass is 282 g/mol. The van der Waals surface area contributed by atoms with Gasteiger partial charge in [-0.3, -0.25) is 14.9 Å². The number of nitrogens with two attached hydrogens (primary N) is 2. The van der Waals surface area contributed by atoms with Crippen LogP contribution >= 0.6 is 0 Å². The number of rotatable bonds is 7. The van der Waals surface area contributed by atoms with E-state index in [1.165, 1.54) is 11.8 Å². The quantitative estimate of drug-likeness (QED) is 0.543. The van der Waals surface area contributed by atoms with E-state index in [1.54, 1.807) is 0 Å². The van der Waals surface area contributed by atoms with Crippen molar-refractivity contribution in [2.45, 2.75) is 26.7 Å². The van der Waals surface area contributed by atoms with Crippen molar-refractivity contribution in [2.75, 3.05) is 23.7 Å². The van der Waals surface area contributed by atoms with E-state index in [0.717, 1.165) is 12.8 Å². The normalized spacial score (nSPS) is 10.3. The van der Waals surface area contributed by atoms with E-state index >= 15 is 0 Å². The summed E-state index contributed by atoms with van der Waals surface area (Å²) in [4.78, 5) is 30.9. The molecule has 1 heterocycles. The first-order valence-electron chi connectivity index (χ1n) is 6.18. The number of carbonyl (C=O) groups is 1. The van der Waals surface area contributed by atoms with Gasteiger partial charge in [-0.25, -0.2) is 4.98 Å². The summed E-state index contributed by atoms with van der Waals surface area (Å²) in [5.74, 6) is -0.633. The van der Waals surface area contributed by atoms with Crippen LogP contribution in [0.1, 0.15) is 25.5 Å². The highest BCUT2D eigenvalue weighted by Gasteiger charge is 2.26. The molecule has 0 spiro atoms. The summed E-state index contributed by atoms with van der Waals surface area (Å²) in [6, 6.07) is 0. The van der Waals surface area contributed by atoms with Gasteiger partial charge in [0.1, 0.15) is 5.69 Å². The molecule has 1 amide bonds. The molecule has 0 saturated heterocycles. The van der Waals surface area contributed by atoms with E-state index in [4.69, 9.17) is 11.5 Å². The summed E-state index contributed by atoms with van der Waals surface area (Å²) in [5, 5.41) is 11.2. The second-order valence-electron chi connectivity index (χ2n) is 4.34. The van der Waals surface area contributed by atoms with Crippen LogP contribution in [0, 0.1) is 17.0 Å². The average molecular weight is 282 g/mol. The third kappa shape index (κ3) is 3.77. The summed E-state index contributed by atoms with van der Waals surface area (Å²) in [7, 11) is 0. The van der Waals surface area contributed by atoms with Crippen molar-refractivity contribution in [1.82, 2.24) is 9.97 Å². The molecule has 0 aliphatic carbocycles. The van der Waals surface area contributed by atoms with Crippen molar-refractivity contribution in [3.05, 3.63) is 15.8 Å². The van der Waals surface area contributed by atoms with Gasteiger partial charge in [-0.15, -0.1) is 0 Å². The fourth-order valence-corrected chi connectivity index (χ4v) is 1.80. The molecule has 0 unspecified atom stereocenters. The maximum absolute atomic E-state index is 11.2. The Balaban J connectivity index is 3.29. The minimum atomic E-state index is -0.592. The second kappa shape index (κ2) is 6.64. The highest BCUT2D eigenvalue weighted by molar-refractivity contribution is 5.80. The van der Waals surface area contributed by atoms with Crippen LogP contribution in [0.4, 0.5) is 17.5 Å². The maximum atomic E-state index is 11.2. The van der Waals surface area contributed by atoms with Crippen LogP contribution in [-0.4, -0.2) is 33.9 Å². The molecule has 1 rings (SSSR count). The highest BCUT2D eigenvalue weighted by Crippen LogP contribution is 2.29. The lowest BCUT2D eigenvalue weighted by atomic mass is 10.2. The molecule has 20 heavy (non-hydrogen) atoms. The summed E-state index contributed by atoms with van der Waals surface area (Å²) in [5.41, 5.74) is 10.6. The Labute approximate surface area is 116 Å². The first-order valence-corrected chi connectivity index (χ1v) is 6.18. The minimum absolute atomic E-state index is 0.0345. The number of nitrogens with zero attached hydrogens (tertiary/aromatic N) is 4. The summed E-state index contributed by atoms with van der Waals surface area (Å²) >= 11 is 0. The van der Waals surface area contributed by atoms with Gasteiger partial charge in [-0.05, 0) is 13.3 Å². The topological polar surface area (TPSA) is 141 Å². The number of hydrogen-bond donors (Lipinski definition) is 2. The highest BCUT2D eigenvalue weighted by atomic mass is 16.6. The van der Waals surface area contributed by atoms with Crippen molar-refractivity contribution < 1.29 is 9.72 Å². The number of primary amides is 1. The van der Waals surface area contributed by atoms with Crippen LogP contribution in [0.2, 0.25) is 0 Å². The molecule has 110 valence electrons.